The van der Waals surface area contributed by atoms with Crippen molar-refractivity contribution < 1.29 is 14.3 Å². The molecule has 19 heavy (non-hydrogen) atoms. The van der Waals surface area contributed by atoms with E-state index in [-0.39, 0.29) is 5.78 Å². The van der Waals surface area contributed by atoms with Crippen molar-refractivity contribution >= 4 is 34.1 Å². The Bertz CT molecular complexity index is 415. The quantitative estimate of drug-likeness (QED) is 0.722. The van der Waals surface area contributed by atoms with Crippen LogP contribution < -0.4 is 4.74 Å². The van der Waals surface area contributed by atoms with Crippen molar-refractivity contribution in [3.63, 3.8) is 0 Å². The average molecular weight is 298 g/mol. The lowest BCUT2D eigenvalue weighted by Crippen LogP contribution is -2.06. The number of ketones is 1. The van der Waals surface area contributed by atoms with Crippen molar-refractivity contribution in [1.82, 2.24) is 0 Å². The Morgan fingerprint density at radius 1 is 1.32 bits per heavy atom. The molecule has 0 aliphatic heterocycles. The van der Waals surface area contributed by atoms with Crippen LogP contribution in [0.1, 0.15) is 18.9 Å². The first-order valence-electron chi connectivity index (χ1n) is 6.10. The molecule has 0 aliphatic carbocycles. The number of benzene rings is 1. The van der Waals surface area contributed by atoms with Crippen LogP contribution in [0.3, 0.4) is 0 Å². The van der Waals surface area contributed by atoms with Crippen LogP contribution in [0.4, 0.5) is 0 Å². The van der Waals surface area contributed by atoms with Gasteiger partial charge in [0.25, 0.3) is 0 Å². The van der Waals surface area contributed by atoms with Crippen LogP contribution in [0.5, 0.6) is 5.75 Å². The van der Waals surface area contributed by atoms with Gasteiger partial charge in [-0.1, -0.05) is 23.9 Å². The highest BCUT2D eigenvalue weighted by Crippen LogP contribution is 2.13. The van der Waals surface area contributed by atoms with Crippen molar-refractivity contribution in [1.29, 1.82) is 0 Å². The molecular weight excluding hydrogens is 280 g/mol. The molecule has 0 fully saturated rings. The summed E-state index contributed by atoms with van der Waals surface area (Å²) in [5.74, 6) is 1.39. The van der Waals surface area contributed by atoms with Crippen molar-refractivity contribution in [2.24, 2.45) is 0 Å². The van der Waals surface area contributed by atoms with E-state index in [0.29, 0.717) is 23.2 Å². The Morgan fingerprint density at radius 3 is 2.58 bits per heavy atom. The van der Waals surface area contributed by atoms with Gasteiger partial charge < -0.3 is 9.47 Å². The summed E-state index contributed by atoms with van der Waals surface area (Å²) in [5, 5.41) is 0. The molecule has 0 aromatic heterocycles. The Labute approximate surface area is 123 Å². The molecule has 0 spiro atoms. The summed E-state index contributed by atoms with van der Waals surface area (Å²) in [6, 6.07) is 7.76. The summed E-state index contributed by atoms with van der Waals surface area (Å²) in [7, 11) is 1.64. The molecule has 0 bridgehead atoms. The zero-order valence-corrected chi connectivity index (χ0v) is 12.8. The van der Waals surface area contributed by atoms with Gasteiger partial charge in [0.05, 0.1) is 19.5 Å². The van der Waals surface area contributed by atoms with Crippen LogP contribution in [0.25, 0.3) is 0 Å². The Kier molecular flexibility index (Phi) is 7.52. The molecule has 1 aromatic rings. The van der Waals surface area contributed by atoms with Crippen LogP contribution in [-0.2, 0) is 16.0 Å². The molecule has 0 N–H and O–H groups in total. The summed E-state index contributed by atoms with van der Waals surface area (Å²) < 4.78 is 10.6. The number of thiocarbonyl (C=S) groups is 1. The minimum atomic E-state index is 0.183. The first-order valence-corrected chi connectivity index (χ1v) is 7.49. The fourth-order valence-electron chi connectivity index (χ4n) is 1.45. The number of ether oxygens (including phenoxy) is 2. The van der Waals surface area contributed by atoms with Gasteiger partial charge in [-0.3, -0.25) is 4.79 Å². The Balaban J connectivity index is 2.27. The molecule has 0 amide bonds. The third-order valence-electron chi connectivity index (χ3n) is 2.46. The van der Waals surface area contributed by atoms with Gasteiger partial charge >= 0.3 is 0 Å². The second-order valence-electron chi connectivity index (χ2n) is 3.86. The zero-order chi connectivity index (χ0) is 14.1. The van der Waals surface area contributed by atoms with Gasteiger partial charge in [-0.05, 0) is 43.3 Å². The minimum absolute atomic E-state index is 0.183. The van der Waals surface area contributed by atoms with E-state index in [0.717, 1.165) is 17.7 Å². The van der Waals surface area contributed by atoms with E-state index < -0.39 is 0 Å². The highest BCUT2D eigenvalue weighted by molar-refractivity contribution is 8.23. The van der Waals surface area contributed by atoms with E-state index >= 15 is 0 Å². The average Bonchev–Trinajstić information content (AvgIpc) is 2.44. The number of carbonyl (C=O) groups excluding carboxylic acids is 1. The van der Waals surface area contributed by atoms with Crippen LogP contribution in [0, 0.1) is 0 Å². The van der Waals surface area contributed by atoms with Gasteiger partial charge in [-0.2, -0.15) is 0 Å². The number of thioether (sulfide) groups is 1. The SMILES string of the molecule is CCOC(=S)SCC(=O)CCc1ccc(OC)cc1. The second kappa shape index (κ2) is 8.93. The number of Topliss-reactive ketones (excluding diaryl/α,β-unsaturated/α-hetero) is 1. The first-order chi connectivity index (χ1) is 9.15. The lowest BCUT2D eigenvalue weighted by molar-refractivity contribution is -0.116. The summed E-state index contributed by atoms with van der Waals surface area (Å²) >= 11 is 6.24. The minimum Gasteiger partial charge on any atom is -0.497 e. The number of aryl methyl sites for hydroxylation is 1. The summed E-state index contributed by atoms with van der Waals surface area (Å²) in [6.45, 7) is 2.42. The molecule has 3 nitrogen and oxygen atoms in total. The van der Waals surface area contributed by atoms with Crippen LogP contribution in [0.15, 0.2) is 24.3 Å². The molecule has 1 rings (SSSR count). The third kappa shape index (κ3) is 6.59. The predicted octanol–water partition coefficient (Wildman–Crippen LogP) is 3.25. The second-order valence-corrected chi connectivity index (χ2v) is 5.44. The van der Waals surface area contributed by atoms with E-state index in [1.807, 2.05) is 31.2 Å². The van der Waals surface area contributed by atoms with Crippen molar-refractivity contribution in [2.75, 3.05) is 19.5 Å². The van der Waals surface area contributed by atoms with Gasteiger partial charge in [0, 0.05) is 6.42 Å². The first kappa shape index (κ1) is 16.0. The molecular formula is C14H18O3S2. The van der Waals surface area contributed by atoms with Gasteiger partial charge in [-0.25, -0.2) is 0 Å². The summed E-state index contributed by atoms with van der Waals surface area (Å²) in [6.07, 6.45) is 1.26. The third-order valence-corrected chi connectivity index (χ3v) is 3.76. The molecule has 104 valence electrons. The van der Waals surface area contributed by atoms with E-state index in [2.05, 4.69) is 0 Å². The molecule has 0 aliphatic rings. The molecule has 0 heterocycles. The molecule has 0 radical (unpaired) electrons. The predicted molar refractivity (Wildman–Crippen MR) is 83.0 cm³/mol. The maximum atomic E-state index is 11.7. The van der Waals surface area contributed by atoms with Crippen molar-refractivity contribution in [2.45, 2.75) is 19.8 Å². The van der Waals surface area contributed by atoms with Crippen molar-refractivity contribution in [3.05, 3.63) is 29.8 Å². The number of hydrogen-bond donors (Lipinski definition) is 0. The molecule has 1 aromatic carbocycles. The highest BCUT2D eigenvalue weighted by atomic mass is 32.2. The molecule has 0 unspecified atom stereocenters. The molecule has 5 heteroatoms. The highest BCUT2D eigenvalue weighted by Gasteiger charge is 2.06. The standard InChI is InChI=1S/C14H18O3S2/c1-3-17-14(18)19-10-12(15)7-4-11-5-8-13(16-2)9-6-11/h5-6,8-9H,3-4,7,10H2,1-2H3. The molecule has 0 atom stereocenters. The summed E-state index contributed by atoms with van der Waals surface area (Å²) in [5.41, 5.74) is 1.13. The van der Waals surface area contributed by atoms with Crippen LogP contribution in [-0.4, -0.2) is 29.6 Å². The molecule has 0 saturated heterocycles. The zero-order valence-electron chi connectivity index (χ0n) is 11.2. The van der Waals surface area contributed by atoms with E-state index in [4.69, 9.17) is 21.7 Å². The van der Waals surface area contributed by atoms with Gasteiger partial charge in [0.1, 0.15) is 11.5 Å². The van der Waals surface area contributed by atoms with Crippen molar-refractivity contribution in [3.8, 4) is 5.75 Å². The topological polar surface area (TPSA) is 35.5 Å². The Hall–Kier alpha value is -1.07. The normalized spacial score (nSPS) is 10.0. The Morgan fingerprint density at radius 2 is 2.00 bits per heavy atom. The van der Waals surface area contributed by atoms with E-state index in [9.17, 15) is 4.79 Å². The van der Waals surface area contributed by atoms with Gasteiger partial charge in [0.15, 0.2) is 0 Å². The number of rotatable bonds is 7. The lowest BCUT2D eigenvalue weighted by Gasteiger charge is -2.05. The fraction of sp³-hybridized carbons (Fsp3) is 0.429. The fourth-order valence-corrected chi connectivity index (χ4v) is 2.37. The van der Waals surface area contributed by atoms with Crippen LogP contribution >= 0.6 is 24.0 Å². The number of methoxy groups -OCH3 is 1. The number of carbonyl (C=O) groups is 1. The number of hydrogen-bond acceptors (Lipinski definition) is 5. The van der Waals surface area contributed by atoms with E-state index in [1.165, 1.54) is 11.8 Å². The summed E-state index contributed by atoms with van der Waals surface area (Å²) in [4.78, 5) is 11.7. The van der Waals surface area contributed by atoms with E-state index in [1.54, 1.807) is 7.11 Å². The van der Waals surface area contributed by atoms with Gasteiger partial charge in [0.2, 0.25) is 4.38 Å². The largest absolute Gasteiger partial charge is 0.497 e. The monoisotopic (exact) mass is 298 g/mol. The van der Waals surface area contributed by atoms with Crippen LogP contribution in [0.2, 0.25) is 0 Å². The maximum Gasteiger partial charge on any atom is 0.220 e. The van der Waals surface area contributed by atoms with Gasteiger partial charge in [-0.15, -0.1) is 0 Å². The maximum absolute atomic E-state index is 11.7. The lowest BCUT2D eigenvalue weighted by atomic mass is 10.1. The molecule has 0 saturated carbocycles. The smallest absolute Gasteiger partial charge is 0.220 e.